The van der Waals surface area contributed by atoms with Crippen LogP contribution in [0.1, 0.15) is 64.6 Å². The maximum atomic E-state index is 13.3. The van der Waals surface area contributed by atoms with Crippen molar-refractivity contribution in [1.82, 2.24) is 9.88 Å². The number of nitrogens with zero attached hydrogens (tertiary/aromatic N) is 2. The molecule has 1 saturated heterocycles. The summed E-state index contributed by atoms with van der Waals surface area (Å²) in [4.78, 5) is 19.7. The van der Waals surface area contributed by atoms with Crippen LogP contribution in [0.25, 0.3) is 0 Å². The monoisotopic (exact) mass is 425 g/mol. The molecule has 6 rings (SSSR count). The first-order valence-electron chi connectivity index (χ1n) is 10.8. The summed E-state index contributed by atoms with van der Waals surface area (Å²) in [7, 11) is -3.02. The molecular formula is C23H27N3O3S. The number of rotatable bonds is 3. The average molecular weight is 426 g/mol. The number of anilines is 2. The molecule has 2 fully saturated rings. The third-order valence-corrected chi connectivity index (χ3v) is 8.45. The van der Waals surface area contributed by atoms with Crippen LogP contribution in [0.15, 0.2) is 30.5 Å². The van der Waals surface area contributed by atoms with Gasteiger partial charge >= 0.3 is 0 Å². The molecule has 1 amide bonds. The summed E-state index contributed by atoms with van der Waals surface area (Å²) in [6.07, 6.45) is 6.21. The van der Waals surface area contributed by atoms with E-state index in [0.717, 1.165) is 42.8 Å². The van der Waals surface area contributed by atoms with Crippen LogP contribution in [-0.2, 0) is 9.84 Å². The summed E-state index contributed by atoms with van der Waals surface area (Å²) in [6.45, 7) is 2.61. The zero-order valence-corrected chi connectivity index (χ0v) is 18.0. The molecule has 2 heterocycles. The Morgan fingerprint density at radius 1 is 1.07 bits per heavy atom. The van der Waals surface area contributed by atoms with E-state index in [1.165, 1.54) is 11.1 Å². The summed E-state index contributed by atoms with van der Waals surface area (Å²) in [5, 5.41) is 3.50. The van der Waals surface area contributed by atoms with Crippen molar-refractivity contribution in [2.75, 3.05) is 29.9 Å². The van der Waals surface area contributed by atoms with Gasteiger partial charge in [0.15, 0.2) is 9.84 Å². The second-order valence-electron chi connectivity index (χ2n) is 8.83. The number of carbonyl (C=O) groups excluding carboxylic acids is 1. The number of aryl methyl sites for hydroxylation is 1. The normalized spacial score (nSPS) is 24.4. The molecule has 6 nitrogen and oxygen atoms in total. The smallest absolute Gasteiger partial charge is 0.255 e. The second-order valence-corrected chi connectivity index (χ2v) is 11.1. The number of sulfone groups is 1. The molecule has 4 aliphatic rings. The number of pyridine rings is 1. The van der Waals surface area contributed by atoms with Crippen LogP contribution >= 0.6 is 0 Å². The van der Waals surface area contributed by atoms with Crippen molar-refractivity contribution < 1.29 is 13.2 Å². The van der Waals surface area contributed by atoms with Crippen molar-refractivity contribution >= 4 is 27.2 Å². The van der Waals surface area contributed by atoms with Gasteiger partial charge in [-0.25, -0.2) is 13.4 Å². The molecule has 0 radical (unpaired) electrons. The predicted octanol–water partition coefficient (Wildman–Crippen LogP) is 3.76. The van der Waals surface area contributed by atoms with Crippen molar-refractivity contribution in [3.63, 3.8) is 0 Å². The molecule has 1 aliphatic heterocycles. The van der Waals surface area contributed by atoms with Crippen LogP contribution in [0, 0.1) is 6.92 Å². The van der Waals surface area contributed by atoms with E-state index < -0.39 is 9.84 Å². The highest BCUT2D eigenvalue weighted by Gasteiger charge is 2.39. The number of fused-ring (bicyclic) bond motifs is 2. The van der Waals surface area contributed by atoms with E-state index in [0.29, 0.717) is 17.4 Å². The topological polar surface area (TPSA) is 79.4 Å². The molecule has 158 valence electrons. The lowest BCUT2D eigenvalue weighted by atomic mass is 9.66. The lowest BCUT2D eigenvalue weighted by molar-refractivity contribution is 0.0767. The van der Waals surface area contributed by atoms with Crippen molar-refractivity contribution in [3.8, 4) is 0 Å². The predicted molar refractivity (Wildman–Crippen MR) is 117 cm³/mol. The average Bonchev–Trinajstić information content (AvgIpc) is 2.74. The highest BCUT2D eigenvalue weighted by atomic mass is 32.2. The van der Waals surface area contributed by atoms with Crippen LogP contribution in [0.2, 0.25) is 0 Å². The van der Waals surface area contributed by atoms with Crippen molar-refractivity contribution in [2.24, 2.45) is 0 Å². The van der Waals surface area contributed by atoms with Gasteiger partial charge in [-0.05, 0) is 67.7 Å². The summed E-state index contributed by atoms with van der Waals surface area (Å²) < 4.78 is 23.6. The van der Waals surface area contributed by atoms with Crippen LogP contribution in [0.4, 0.5) is 11.5 Å². The molecule has 7 heteroatoms. The molecule has 0 spiro atoms. The third kappa shape index (κ3) is 3.49. The number of benzene rings is 1. The molecule has 3 aliphatic carbocycles. The first-order chi connectivity index (χ1) is 14.4. The Kier molecular flexibility index (Phi) is 4.81. The Morgan fingerprint density at radius 2 is 1.73 bits per heavy atom. The molecular weight excluding hydrogens is 398 g/mol. The van der Waals surface area contributed by atoms with E-state index in [1.807, 2.05) is 12.1 Å². The Morgan fingerprint density at radius 3 is 2.40 bits per heavy atom. The lowest BCUT2D eigenvalue weighted by Gasteiger charge is -2.40. The van der Waals surface area contributed by atoms with Crippen molar-refractivity contribution in [2.45, 2.75) is 44.4 Å². The summed E-state index contributed by atoms with van der Waals surface area (Å²) >= 11 is 0. The molecule has 1 aromatic carbocycles. The standard InChI is InChI=1S/C23H27N3O3S/c1-15-3-2-4-18(13-15)25-22-21-17-7-5-16(6-8-17)20(21)19(14-24-22)23(27)26-9-11-30(28,29)12-10-26/h2-4,13-14,16-17H,5-12H2,1H3,(H,24,25). The zero-order valence-electron chi connectivity index (χ0n) is 17.2. The SMILES string of the molecule is Cc1cccc(Nc2ncc(C(=O)N3CCS(=O)(=O)CC3)c3c2C2CCC3CC2)c1. The quantitative estimate of drug-likeness (QED) is 0.810. The minimum Gasteiger partial charge on any atom is -0.340 e. The highest BCUT2D eigenvalue weighted by Crippen LogP contribution is 2.52. The fourth-order valence-electron chi connectivity index (χ4n) is 5.28. The summed E-state index contributed by atoms with van der Waals surface area (Å²) in [5.74, 6) is 1.71. The molecule has 0 atom stereocenters. The van der Waals surface area contributed by atoms with Crippen molar-refractivity contribution in [1.29, 1.82) is 0 Å². The van der Waals surface area contributed by atoms with Gasteiger partial charge in [-0.2, -0.15) is 0 Å². The van der Waals surface area contributed by atoms with E-state index in [2.05, 4.69) is 24.4 Å². The van der Waals surface area contributed by atoms with Gasteiger partial charge in [0.1, 0.15) is 5.82 Å². The fourth-order valence-corrected chi connectivity index (χ4v) is 6.48. The third-order valence-electron chi connectivity index (χ3n) is 6.84. The van der Waals surface area contributed by atoms with Crippen LogP contribution < -0.4 is 5.32 Å². The van der Waals surface area contributed by atoms with Crippen LogP contribution in [-0.4, -0.2) is 48.8 Å². The van der Waals surface area contributed by atoms with Gasteiger partial charge in [0.25, 0.3) is 5.91 Å². The molecule has 1 aromatic heterocycles. The van der Waals surface area contributed by atoms with Gasteiger partial charge in [-0.1, -0.05) is 12.1 Å². The van der Waals surface area contributed by atoms with E-state index in [-0.39, 0.29) is 30.5 Å². The number of aromatic nitrogens is 1. The number of hydrogen-bond donors (Lipinski definition) is 1. The minimum absolute atomic E-state index is 0.0490. The van der Waals surface area contributed by atoms with Crippen molar-refractivity contribution in [3.05, 3.63) is 52.7 Å². The number of hydrogen-bond acceptors (Lipinski definition) is 5. The number of carbonyl (C=O) groups is 1. The fraction of sp³-hybridized carbons (Fsp3) is 0.478. The van der Waals surface area contributed by atoms with Gasteiger partial charge in [0.05, 0.1) is 17.1 Å². The Balaban J connectivity index is 1.52. The Bertz CT molecular complexity index is 1090. The van der Waals surface area contributed by atoms with E-state index in [1.54, 1.807) is 11.1 Å². The first-order valence-corrected chi connectivity index (χ1v) is 12.6. The van der Waals surface area contributed by atoms with E-state index in [4.69, 9.17) is 4.98 Å². The first kappa shape index (κ1) is 19.5. The summed E-state index contributed by atoms with van der Waals surface area (Å²) in [5.41, 5.74) is 5.22. The van der Waals surface area contributed by atoms with Gasteiger partial charge in [0, 0.05) is 30.5 Å². The zero-order chi connectivity index (χ0) is 20.9. The Hall–Kier alpha value is -2.41. The maximum absolute atomic E-state index is 13.3. The molecule has 30 heavy (non-hydrogen) atoms. The van der Waals surface area contributed by atoms with Gasteiger partial charge < -0.3 is 10.2 Å². The number of nitrogens with one attached hydrogen (secondary N) is 1. The van der Waals surface area contributed by atoms with E-state index >= 15 is 0 Å². The second kappa shape index (κ2) is 7.38. The minimum atomic E-state index is -3.02. The van der Waals surface area contributed by atoms with Gasteiger partial charge in [-0.3, -0.25) is 4.79 Å². The number of amides is 1. The van der Waals surface area contributed by atoms with Crippen LogP contribution in [0.5, 0.6) is 0 Å². The molecule has 0 unspecified atom stereocenters. The molecule has 1 N–H and O–H groups in total. The largest absolute Gasteiger partial charge is 0.340 e. The molecule has 2 bridgehead atoms. The summed E-state index contributed by atoms with van der Waals surface area (Å²) in [6, 6.07) is 8.23. The molecule has 1 saturated carbocycles. The lowest BCUT2D eigenvalue weighted by Crippen LogP contribution is -2.44. The van der Waals surface area contributed by atoms with E-state index in [9.17, 15) is 13.2 Å². The van der Waals surface area contributed by atoms with Gasteiger partial charge in [0.2, 0.25) is 0 Å². The Labute approximate surface area is 177 Å². The maximum Gasteiger partial charge on any atom is 0.255 e. The highest BCUT2D eigenvalue weighted by molar-refractivity contribution is 7.91. The van der Waals surface area contributed by atoms with Gasteiger partial charge in [-0.15, -0.1) is 0 Å². The van der Waals surface area contributed by atoms with Crippen LogP contribution in [0.3, 0.4) is 0 Å². The molecule has 2 aromatic rings.